The minimum atomic E-state index is -1.16. The van der Waals surface area contributed by atoms with Crippen LogP contribution in [0.5, 0.6) is 0 Å². The molecule has 0 aliphatic rings. The van der Waals surface area contributed by atoms with Crippen molar-refractivity contribution in [3.05, 3.63) is 53.5 Å². The molecule has 1 unspecified atom stereocenters. The summed E-state index contributed by atoms with van der Waals surface area (Å²) >= 11 is 0. The second-order valence-electron chi connectivity index (χ2n) is 7.68. The number of rotatable bonds is 8. The average molecular weight is 416 g/mol. The summed E-state index contributed by atoms with van der Waals surface area (Å²) in [6.07, 6.45) is 0. The van der Waals surface area contributed by atoms with Crippen molar-refractivity contribution in [3.63, 3.8) is 0 Å². The third kappa shape index (κ3) is 7.44. The third-order valence-electron chi connectivity index (χ3n) is 4.27. The molecule has 0 saturated carbocycles. The molecule has 8 nitrogen and oxygen atoms in total. The minimum Gasteiger partial charge on any atom is -0.463 e. The summed E-state index contributed by atoms with van der Waals surface area (Å²) in [7, 11) is 0. The van der Waals surface area contributed by atoms with Crippen molar-refractivity contribution in [1.29, 1.82) is 0 Å². The number of nitrogens with zero attached hydrogens (tertiary/aromatic N) is 1. The quantitative estimate of drug-likeness (QED) is 0.336. The molecule has 1 aromatic carbocycles. The minimum absolute atomic E-state index is 0.0770. The Balaban J connectivity index is 1.94. The fraction of sp³-hybridized carbons (Fsp3) is 0.455. The highest BCUT2D eigenvalue weighted by Gasteiger charge is 2.27. The second-order valence-corrected chi connectivity index (χ2v) is 7.68. The van der Waals surface area contributed by atoms with Crippen molar-refractivity contribution in [1.82, 2.24) is 16.0 Å². The summed E-state index contributed by atoms with van der Waals surface area (Å²) in [4.78, 5) is 16.3. The zero-order chi connectivity index (χ0) is 22.1. The number of carbonyl (C=O) groups is 1. The van der Waals surface area contributed by atoms with Gasteiger partial charge in [-0.1, -0.05) is 12.1 Å². The molecule has 0 aliphatic heterocycles. The van der Waals surface area contributed by atoms with Gasteiger partial charge in [0, 0.05) is 18.3 Å². The smallest absolute Gasteiger partial charge is 0.319 e. The van der Waals surface area contributed by atoms with Gasteiger partial charge in [0.15, 0.2) is 5.96 Å². The summed E-state index contributed by atoms with van der Waals surface area (Å²) in [5.74, 6) is 1.86. The fourth-order valence-corrected chi connectivity index (χ4v) is 2.70. The van der Waals surface area contributed by atoms with Gasteiger partial charge in [0.25, 0.3) is 0 Å². The Morgan fingerprint density at radius 1 is 1.17 bits per heavy atom. The average Bonchev–Trinajstić information content (AvgIpc) is 3.12. The fourth-order valence-electron chi connectivity index (χ4n) is 2.70. The number of aliphatic imine (C=N–C) groups is 1. The zero-order valence-electron chi connectivity index (χ0n) is 18.4. The number of nitrogens with one attached hydrogen (secondary N) is 4. The summed E-state index contributed by atoms with van der Waals surface area (Å²) < 4.78 is 5.54. The van der Waals surface area contributed by atoms with Crippen LogP contribution in [0.25, 0.3) is 0 Å². The second kappa shape index (κ2) is 10.7. The van der Waals surface area contributed by atoms with E-state index in [0.717, 1.165) is 17.0 Å². The number of benzene rings is 1. The van der Waals surface area contributed by atoms with E-state index in [4.69, 9.17) is 4.42 Å². The highest BCUT2D eigenvalue weighted by molar-refractivity contribution is 5.89. The van der Waals surface area contributed by atoms with Crippen LogP contribution in [-0.4, -0.2) is 36.2 Å². The lowest BCUT2D eigenvalue weighted by Gasteiger charge is -2.22. The summed E-state index contributed by atoms with van der Waals surface area (Å²) in [6.45, 7) is 10.7. The maximum atomic E-state index is 11.8. The number of anilines is 1. The van der Waals surface area contributed by atoms with Crippen LogP contribution in [0.1, 0.15) is 44.8 Å². The van der Waals surface area contributed by atoms with Gasteiger partial charge < -0.3 is 30.8 Å². The Bertz CT molecular complexity index is 841. The van der Waals surface area contributed by atoms with E-state index in [1.54, 1.807) is 13.0 Å². The van der Waals surface area contributed by atoms with Crippen LogP contribution >= 0.6 is 0 Å². The summed E-state index contributed by atoms with van der Waals surface area (Å²) in [5, 5.41) is 22.6. The molecule has 0 radical (unpaired) electrons. The standard InChI is InChI=1S/C22H33N5O3/c1-6-23-20(25-14-22(5,29)19-12-7-16(4)30-19)24-13-17-8-10-18(11-9-17)27-21(28)26-15(2)3/h7-12,15,29H,6,13-14H2,1-5H3,(H2,23,24,25)(H2,26,27,28). The number of hydrogen-bond acceptors (Lipinski definition) is 4. The Morgan fingerprint density at radius 2 is 1.87 bits per heavy atom. The van der Waals surface area contributed by atoms with Crippen LogP contribution in [-0.2, 0) is 12.1 Å². The van der Waals surface area contributed by atoms with Crippen LogP contribution < -0.4 is 21.3 Å². The van der Waals surface area contributed by atoms with E-state index < -0.39 is 5.60 Å². The molecule has 0 fully saturated rings. The molecule has 0 aliphatic carbocycles. The van der Waals surface area contributed by atoms with Gasteiger partial charge in [0.05, 0.1) is 13.1 Å². The number of hydrogen-bond donors (Lipinski definition) is 5. The number of aryl methyl sites for hydroxylation is 1. The van der Waals surface area contributed by atoms with Crippen LogP contribution in [0.3, 0.4) is 0 Å². The molecule has 0 spiro atoms. The molecular formula is C22H33N5O3. The number of furan rings is 1. The van der Waals surface area contributed by atoms with Crippen molar-refractivity contribution in [2.45, 2.75) is 52.8 Å². The Kier molecular flexibility index (Phi) is 8.29. The molecule has 8 heteroatoms. The van der Waals surface area contributed by atoms with Crippen molar-refractivity contribution in [2.24, 2.45) is 4.99 Å². The van der Waals surface area contributed by atoms with Crippen molar-refractivity contribution in [3.8, 4) is 0 Å². The van der Waals surface area contributed by atoms with E-state index in [-0.39, 0.29) is 18.6 Å². The van der Waals surface area contributed by atoms with Crippen LogP contribution in [0, 0.1) is 6.92 Å². The van der Waals surface area contributed by atoms with E-state index in [0.29, 0.717) is 24.8 Å². The van der Waals surface area contributed by atoms with Crippen molar-refractivity contribution < 1.29 is 14.3 Å². The highest BCUT2D eigenvalue weighted by atomic mass is 16.4. The van der Waals surface area contributed by atoms with Crippen LogP contribution in [0.2, 0.25) is 0 Å². The van der Waals surface area contributed by atoms with Gasteiger partial charge in [0.1, 0.15) is 17.1 Å². The van der Waals surface area contributed by atoms with E-state index in [1.807, 2.05) is 58.0 Å². The molecule has 0 saturated heterocycles. The Morgan fingerprint density at radius 3 is 2.43 bits per heavy atom. The first kappa shape index (κ1) is 23.3. The third-order valence-corrected chi connectivity index (χ3v) is 4.27. The molecule has 0 bridgehead atoms. The van der Waals surface area contributed by atoms with E-state index in [2.05, 4.69) is 26.3 Å². The first-order valence-corrected chi connectivity index (χ1v) is 10.2. The number of urea groups is 1. The van der Waals surface area contributed by atoms with Crippen LogP contribution in [0.15, 0.2) is 45.8 Å². The SMILES string of the molecule is CCNC(=NCc1ccc(NC(=O)NC(C)C)cc1)NCC(C)(O)c1ccc(C)o1. The molecule has 1 aromatic heterocycles. The first-order valence-electron chi connectivity index (χ1n) is 10.2. The van der Waals surface area contributed by atoms with Crippen molar-refractivity contribution in [2.75, 3.05) is 18.4 Å². The maximum absolute atomic E-state index is 11.8. The van der Waals surface area contributed by atoms with Gasteiger partial charge in [-0.15, -0.1) is 0 Å². The number of carbonyl (C=O) groups excluding carboxylic acids is 1. The molecule has 2 amide bonds. The predicted molar refractivity (Wildman–Crippen MR) is 120 cm³/mol. The molecular weight excluding hydrogens is 382 g/mol. The van der Waals surface area contributed by atoms with Crippen molar-refractivity contribution >= 4 is 17.7 Å². The first-order chi connectivity index (χ1) is 14.2. The van der Waals surface area contributed by atoms with Gasteiger partial charge in [-0.2, -0.15) is 0 Å². The normalized spacial score (nSPS) is 13.6. The highest BCUT2D eigenvalue weighted by Crippen LogP contribution is 2.21. The monoisotopic (exact) mass is 415 g/mol. The van der Waals surface area contributed by atoms with Crippen LogP contribution in [0.4, 0.5) is 10.5 Å². The molecule has 2 rings (SSSR count). The summed E-state index contributed by atoms with van der Waals surface area (Å²) in [6, 6.07) is 11.0. The largest absolute Gasteiger partial charge is 0.463 e. The Labute approximate surface area is 178 Å². The lowest BCUT2D eigenvalue weighted by Crippen LogP contribution is -2.44. The lowest BCUT2D eigenvalue weighted by molar-refractivity contribution is 0.0378. The Hall–Kier alpha value is -3.00. The molecule has 164 valence electrons. The molecule has 30 heavy (non-hydrogen) atoms. The topological polar surface area (TPSA) is 111 Å². The van der Waals surface area contributed by atoms with Gasteiger partial charge in [-0.05, 0) is 64.4 Å². The number of guanidine groups is 1. The number of aliphatic hydroxyl groups is 1. The predicted octanol–water partition coefficient (Wildman–Crippen LogP) is 3.08. The molecule has 2 aromatic rings. The molecule has 1 atom stereocenters. The lowest BCUT2D eigenvalue weighted by atomic mass is 10.0. The van der Waals surface area contributed by atoms with E-state index in [1.165, 1.54) is 0 Å². The maximum Gasteiger partial charge on any atom is 0.319 e. The number of amides is 2. The van der Waals surface area contributed by atoms with Gasteiger partial charge >= 0.3 is 6.03 Å². The van der Waals surface area contributed by atoms with Gasteiger partial charge in [0.2, 0.25) is 0 Å². The summed E-state index contributed by atoms with van der Waals surface area (Å²) in [5.41, 5.74) is 0.556. The van der Waals surface area contributed by atoms with E-state index in [9.17, 15) is 9.90 Å². The van der Waals surface area contributed by atoms with E-state index >= 15 is 0 Å². The molecule has 5 N–H and O–H groups in total. The van der Waals surface area contributed by atoms with Gasteiger partial charge in [-0.3, -0.25) is 0 Å². The zero-order valence-corrected chi connectivity index (χ0v) is 18.4. The molecule has 1 heterocycles. The van der Waals surface area contributed by atoms with Gasteiger partial charge in [-0.25, -0.2) is 9.79 Å².